The van der Waals surface area contributed by atoms with E-state index in [9.17, 15) is 4.79 Å². The molecule has 0 saturated heterocycles. The minimum absolute atomic E-state index is 0.111. The maximum absolute atomic E-state index is 12.0. The van der Waals surface area contributed by atoms with Gasteiger partial charge in [0.05, 0.1) is 16.7 Å². The van der Waals surface area contributed by atoms with Gasteiger partial charge in [0.15, 0.2) is 5.75 Å². The van der Waals surface area contributed by atoms with Crippen LogP contribution in [0.15, 0.2) is 47.0 Å². The molecule has 150 valence electrons. The molecule has 0 aliphatic heterocycles. The zero-order chi connectivity index (χ0) is 20.5. The highest BCUT2D eigenvalue weighted by molar-refractivity contribution is 6.55. The van der Waals surface area contributed by atoms with Crippen LogP contribution < -0.4 is 14.8 Å². The summed E-state index contributed by atoms with van der Waals surface area (Å²) in [6.45, 7) is 0.942. The second-order valence-corrected chi connectivity index (χ2v) is 7.74. The Morgan fingerprint density at radius 2 is 1.64 bits per heavy atom. The summed E-state index contributed by atoms with van der Waals surface area (Å²) < 4.78 is 11.2. The van der Waals surface area contributed by atoms with Crippen molar-refractivity contribution >= 4 is 63.9 Å². The summed E-state index contributed by atoms with van der Waals surface area (Å²) in [5.74, 6) is 0.634. The molecule has 0 aliphatic rings. The molecule has 2 rings (SSSR count). The lowest BCUT2D eigenvalue weighted by molar-refractivity contribution is 0.0951. The molecule has 0 heterocycles. The van der Waals surface area contributed by atoms with Crippen molar-refractivity contribution in [3.63, 3.8) is 0 Å². The predicted octanol–water partition coefficient (Wildman–Crippen LogP) is 6.54. The zero-order valence-electron chi connectivity index (χ0n) is 14.5. The highest BCUT2D eigenvalue weighted by atomic mass is 35.5. The smallest absolute Gasteiger partial charge is 0.251 e. The number of benzene rings is 2. The maximum atomic E-state index is 12.0. The monoisotopic (exact) mass is 481 g/mol. The average molecular weight is 484 g/mol. The van der Waals surface area contributed by atoms with Gasteiger partial charge in [0.25, 0.3) is 5.91 Å². The highest BCUT2D eigenvalue weighted by Crippen LogP contribution is 2.37. The first-order valence-corrected chi connectivity index (χ1v) is 10.1. The second-order valence-electron chi connectivity index (χ2n) is 5.49. The molecule has 1 N–H and O–H groups in total. The van der Waals surface area contributed by atoms with E-state index in [1.165, 1.54) is 6.08 Å². The number of carbonyl (C=O) groups excluding carboxylic acids is 1. The van der Waals surface area contributed by atoms with E-state index in [4.69, 9.17) is 67.5 Å². The van der Waals surface area contributed by atoms with Crippen LogP contribution in [0.25, 0.3) is 0 Å². The number of hydrogen-bond acceptors (Lipinski definition) is 3. The molecule has 2 aromatic rings. The molecular formula is C19H16Cl5NO3. The molecule has 0 spiro atoms. The maximum Gasteiger partial charge on any atom is 0.251 e. The van der Waals surface area contributed by atoms with Gasteiger partial charge in [0, 0.05) is 29.3 Å². The van der Waals surface area contributed by atoms with Gasteiger partial charge >= 0.3 is 0 Å². The van der Waals surface area contributed by atoms with Gasteiger partial charge < -0.3 is 14.8 Å². The molecule has 0 bridgehead atoms. The largest absolute Gasteiger partial charge is 0.490 e. The van der Waals surface area contributed by atoms with Gasteiger partial charge in [0.2, 0.25) is 0 Å². The van der Waals surface area contributed by atoms with E-state index in [0.29, 0.717) is 51.7 Å². The molecule has 0 fully saturated rings. The zero-order valence-corrected chi connectivity index (χ0v) is 18.3. The normalized spacial score (nSPS) is 10.3. The molecule has 0 atom stereocenters. The van der Waals surface area contributed by atoms with Crippen LogP contribution in [0.2, 0.25) is 15.1 Å². The molecular weight excluding hydrogens is 467 g/mol. The minimum atomic E-state index is -0.180. The summed E-state index contributed by atoms with van der Waals surface area (Å²) in [5.41, 5.74) is 0.539. The van der Waals surface area contributed by atoms with Gasteiger partial charge in [-0.25, -0.2) is 0 Å². The second kappa shape index (κ2) is 11.6. The standard InChI is InChI=1S/C19H16Cl5NO3/c20-13-4-2-12(3-5-13)19(26)25-7-1-8-28-18-15(21)10-14(11-16(18)22)27-9-6-17(23)24/h2-6,10-11H,1,7-9H2,(H,25,26). The molecule has 0 radical (unpaired) electrons. The summed E-state index contributed by atoms with van der Waals surface area (Å²) in [6.07, 6.45) is 2.07. The predicted molar refractivity (Wildman–Crippen MR) is 116 cm³/mol. The number of hydrogen-bond donors (Lipinski definition) is 1. The number of carbonyl (C=O) groups is 1. The van der Waals surface area contributed by atoms with E-state index >= 15 is 0 Å². The van der Waals surface area contributed by atoms with Crippen LogP contribution in [-0.2, 0) is 0 Å². The quantitative estimate of drug-likeness (QED) is 0.412. The topological polar surface area (TPSA) is 47.6 Å². The van der Waals surface area contributed by atoms with Crippen LogP contribution in [0.4, 0.5) is 0 Å². The Balaban J connectivity index is 1.78. The fraction of sp³-hybridized carbons (Fsp3) is 0.211. The van der Waals surface area contributed by atoms with E-state index in [0.717, 1.165) is 0 Å². The van der Waals surface area contributed by atoms with Crippen LogP contribution in [0, 0.1) is 0 Å². The summed E-state index contributed by atoms with van der Waals surface area (Å²) in [7, 11) is 0. The lowest BCUT2D eigenvalue weighted by Crippen LogP contribution is -2.25. The molecule has 0 aliphatic carbocycles. The van der Waals surface area contributed by atoms with Gasteiger partial charge in [-0.05, 0) is 36.8 Å². The Morgan fingerprint density at radius 1 is 1.00 bits per heavy atom. The van der Waals surface area contributed by atoms with Gasteiger partial charge in [-0.2, -0.15) is 0 Å². The Bertz CT molecular complexity index is 813. The number of ether oxygens (including phenoxy) is 2. The van der Waals surface area contributed by atoms with Gasteiger partial charge in [-0.1, -0.05) is 58.0 Å². The number of amides is 1. The Morgan fingerprint density at radius 3 is 2.25 bits per heavy atom. The number of nitrogens with one attached hydrogen (secondary N) is 1. The summed E-state index contributed by atoms with van der Waals surface area (Å²) in [6, 6.07) is 9.82. The van der Waals surface area contributed by atoms with Crippen molar-refractivity contribution in [2.24, 2.45) is 0 Å². The van der Waals surface area contributed by atoms with Crippen molar-refractivity contribution in [2.75, 3.05) is 19.8 Å². The minimum Gasteiger partial charge on any atom is -0.490 e. The average Bonchev–Trinajstić information content (AvgIpc) is 2.63. The lowest BCUT2D eigenvalue weighted by Gasteiger charge is -2.12. The van der Waals surface area contributed by atoms with Crippen molar-refractivity contribution in [3.8, 4) is 11.5 Å². The Hall–Kier alpha value is -1.30. The molecule has 2 aromatic carbocycles. The number of rotatable bonds is 9. The Labute approximate surface area is 188 Å². The van der Waals surface area contributed by atoms with E-state index in [2.05, 4.69) is 5.32 Å². The molecule has 0 saturated carbocycles. The first kappa shape index (κ1) is 23.0. The highest BCUT2D eigenvalue weighted by Gasteiger charge is 2.11. The van der Waals surface area contributed by atoms with Gasteiger partial charge in [-0.3, -0.25) is 4.79 Å². The van der Waals surface area contributed by atoms with Crippen molar-refractivity contribution < 1.29 is 14.3 Å². The Kier molecular flexibility index (Phi) is 9.56. The van der Waals surface area contributed by atoms with Crippen molar-refractivity contribution in [3.05, 3.63) is 67.6 Å². The number of halogens is 5. The SMILES string of the molecule is O=C(NCCCOc1c(Cl)cc(OCC=C(Cl)Cl)cc1Cl)c1ccc(Cl)cc1. The lowest BCUT2D eigenvalue weighted by atomic mass is 10.2. The third-order valence-electron chi connectivity index (χ3n) is 3.42. The van der Waals surface area contributed by atoms with Crippen molar-refractivity contribution in [1.29, 1.82) is 0 Å². The summed E-state index contributed by atoms with van der Waals surface area (Å²) in [5, 5.41) is 4.01. The molecule has 28 heavy (non-hydrogen) atoms. The van der Waals surface area contributed by atoms with Crippen LogP contribution in [0.5, 0.6) is 11.5 Å². The molecule has 0 aromatic heterocycles. The van der Waals surface area contributed by atoms with Crippen molar-refractivity contribution in [2.45, 2.75) is 6.42 Å². The molecule has 9 heteroatoms. The van der Waals surface area contributed by atoms with E-state index in [-0.39, 0.29) is 17.0 Å². The fourth-order valence-corrected chi connectivity index (χ4v) is 2.94. The molecule has 4 nitrogen and oxygen atoms in total. The third kappa shape index (κ3) is 7.61. The van der Waals surface area contributed by atoms with E-state index in [1.807, 2.05) is 0 Å². The van der Waals surface area contributed by atoms with Gasteiger partial charge in [0.1, 0.15) is 16.8 Å². The van der Waals surface area contributed by atoms with Crippen LogP contribution in [-0.4, -0.2) is 25.7 Å². The first-order valence-electron chi connectivity index (χ1n) is 8.16. The van der Waals surface area contributed by atoms with Crippen molar-refractivity contribution in [1.82, 2.24) is 5.32 Å². The molecule has 0 unspecified atom stereocenters. The van der Waals surface area contributed by atoms with Crippen LogP contribution >= 0.6 is 58.0 Å². The van der Waals surface area contributed by atoms with Crippen LogP contribution in [0.1, 0.15) is 16.8 Å². The molecule has 1 amide bonds. The fourth-order valence-electron chi connectivity index (χ4n) is 2.11. The third-order valence-corrected chi connectivity index (χ3v) is 4.54. The van der Waals surface area contributed by atoms with E-state index in [1.54, 1.807) is 36.4 Å². The van der Waals surface area contributed by atoms with Crippen LogP contribution in [0.3, 0.4) is 0 Å². The summed E-state index contributed by atoms with van der Waals surface area (Å²) >= 11 is 29.2. The summed E-state index contributed by atoms with van der Waals surface area (Å²) in [4.78, 5) is 12.0. The van der Waals surface area contributed by atoms with Gasteiger partial charge in [-0.15, -0.1) is 0 Å². The van der Waals surface area contributed by atoms with E-state index < -0.39 is 0 Å². The first-order chi connectivity index (χ1) is 13.4.